The summed E-state index contributed by atoms with van der Waals surface area (Å²) in [6.45, 7) is 3.12. The number of carbonyl (C=O) groups is 2. The van der Waals surface area contributed by atoms with Gasteiger partial charge in [0.05, 0.1) is 0 Å². The van der Waals surface area contributed by atoms with Crippen LogP contribution in [0.25, 0.3) is 0 Å². The van der Waals surface area contributed by atoms with Crippen LogP contribution in [0, 0.1) is 0 Å². The molecule has 0 aromatic heterocycles. The van der Waals surface area contributed by atoms with Crippen molar-refractivity contribution in [3.63, 3.8) is 0 Å². The Labute approximate surface area is 84.3 Å². The van der Waals surface area contributed by atoms with E-state index in [2.05, 4.69) is 5.32 Å². The Balaban J connectivity index is 3.97. The van der Waals surface area contributed by atoms with Crippen molar-refractivity contribution >= 4 is 20.0 Å². The predicted octanol–water partition coefficient (Wildman–Crippen LogP) is 0.375. The normalized spacial score (nSPS) is 14.5. The van der Waals surface area contributed by atoms with Crippen molar-refractivity contribution in [2.24, 2.45) is 0 Å². The minimum absolute atomic E-state index is 0.283. The summed E-state index contributed by atoms with van der Waals surface area (Å²) < 4.78 is 0. The van der Waals surface area contributed by atoms with Crippen LogP contribution in [0.3, 0.4) is 0 Å². The quantitative estimate of drug-likeness (QED) is 0.566. The summed E-state index contributed by atoms with van der Waals surface area (Å²) in [6.07, 6.45) is 1.38. The van der Waals surface area contributed by atoms with E-state index in [9.17, 15) is 14.5 Å². The Morgan fingerprint density at radius 2 is 2.07 bits per heavy atom. The van der Waals surface area contributed by atoms with Gasteiger partial charge in [0.25, 0.3) is 0 Å². The van der Waals surface area contributed by atoms with Crippen molar-refractivity contribution < 1.29 is 19.6 Å². The van der Waals surface area contributed by atoms with Gasteiger partial charge < -0.3 is 15.3 Å². The van der Waals surface area contributed by atoms with E-state index in [4.69, 9.17) is 5.11 Å². The minimum atomic E-state index is -1.08. The fourth-order valence-electron chi connectivity index (χ4n) is 0.939. The third-order valence-corrected chi connectivity index (χ3v) is 3.22. The molecule has 82 valence electrons. The minimum Gasteiger partial charge on any atom is -0.480 e. The maximum absolute atomic E-state index is 10.6. The van der Waals surface area contributed by atoms with Gasteiger partial charge in [0, 0.05) is 15.1 Å². The third kappa shape index (κ3) is 5.89. The summed E-state index contributed by atoms with van der Waals surface area (Å²) in [5.41, 5.74) is 0. The molecular weight excluding hydrogens is 205 g/mol. The molecule has 2 atom stereocenters. The number of carboxylic acids is 1. The molecule has 2 unspecified atom stereocenters. The molecule has 0 aliphatic heterocycles. The molecule has 3 N–H and O–H groups in total. The zero-order valence-electron chi connectivity index (χ0n) is 8.36. The smallest absolute Gasteiger partial charge is 0.326 e. The molecule has 14 heavy (non-hydrogen) atoms. The monoisotopic (exact) mass is 221 g/mol. The number of hydrogen-bond donors (Lipinski definition) is 3. The summed E-state index contributed by atoms with van der Waals surface area (Å²) >= 11 is 0. The molecule has 0 rings (SSSR count). The third-order valence-electron chi connectivity index (χ3n) is 1.72. The maximum Gasteiger partial charge on any atom is 0.326 e. The number of carboxylic acid groups (broad SMARTS) is 1. The van der Waals surface area contributed by atoms with Gasteiger partial charge in [0.15, 0.2) is 0 Å². The molecular formula is C8H16NO4P. The van der Waals surface area contributed by atoms with Crippen LogP contribution in [0.5, 0.6) is 0 Å². The summed E-state index contributed by atoms with van der Waals surface area (Å²) in [7, 11) is -1.08. The van der Waals surface area contributed by atoms with Gasteiger partial charge in [-0.3, -0.25) is 4.79 Å². The Hall–Kier alpha value is -0.670. The Bertz CT molecular complexity index is 210. The van der Waals surface area contributed by atoms with Gasteiger partial charge in [0.1, 0.15) is 6.04 Å². The molecule has 0 saturated carbocycles. The molecule has 0 aliphatic rings. The number of rotatable bonds is 6. The lowest BCUT2D eigenvalue weighted by molar-refractivity contribution is -0.141. The Morgan fingerprint density at radius 1 is 1.50 bits per heavy atom. The van der Waals surface area contributed by atoms with Gasteiger partial charge in [-0.25, -0.2) is 4.79 Å². The van der Waals surface area contributed by atoms with Crippen LogP contribution in [0.2, 0.25) is 0 Å². The van der Waals surface area contributed by atoms with E-state index in [1.54, 1.807) is 0 Å². The van der Waals surface area contributed by atoms with Crippen LogP contribution in [0.1, 0.15) is 20.3 Å². The van der Waals surface area contributed by atoms with E-state index in [-0.39, 0.29) is 12.3 Å². The average Bonchev–Trinajstić information content (AvgIpc) is 2.10. The summed E-state index contributed by atoms with van der Waals surface area (Å²) in [6, 6.07) is -0.879. The van der Waals surface area contributed by atoms with Gasteiger partial charge in [-0.1, -0.05) is 6.92 Å². The Kier molecular flexibility index (Phi) is 6.41. The van der Waals surface area contributed by atoms with E-state index in [0.717, 1.165) is 0 Å². The predicted molar refractivity (Wildman–Crippen MR) is 54.4 cm³/mol. The molecule has 6 heteroatoms. The van der Waals surface area contributed by atoms with Crippen molar-refractivity contribution in [1.29, 1.82) is 0 Å². The first-order chi connectivity index (χ1) is 6.47. The molecule has 0 saturated heterocycles. The van der Waals surface area contributed by atoms with E-state index >= 15 is 0 Å². The van der Waals surface area contributed by atoms with Crippen LogP contribution in [-0.4, -0.2) is 40.2 Å². The molecule has 0 aromatic rings. The highest BCUT2D eigenvalue weighted by atomic mass is 31.1. The number of amides is 1. The summed E-state index contributed by atoms with van der Waals surface area (Å²) in [4.78, 5) is 30.6. The summed E-state index contributed by atoms with van der Waals surface area (Å²) in [5.74, 6) is -1.42. The molecule has 0 fully saturated rings. The fourth-order valence-corrected chi connectivity index (χ4v) is 1.81. The second kappa shape index (κ2) is 6.74. The highest BCUT2D eigenvalue weighted by molar-refractivity contribution is 7.51. The molecule has 1 amide bonds. The first-order valence-corrected chi connectivity index (χ1v) is 6.07. The second-order valence-electron chi connectivity index (χ2n) is 2.93. The van der Waals surface area contributed by atoms with E-state index in [1.807, 2.05) is 6.92 Å². The number of hydrogen-bond acceptors (Lipinski definition) is 3. The largest absolute Gasteiger partial charge is 0.480 e. The van der Waals surface area contributed by atoms with Crippen LogP contribution in [0.4, 0.5) is 0 Å². The van der Waals surface area contributed by atoms with Crippen LogP contribution >= 0.6 is 8.15 Å². The number of aliphatic carboxylic acids is 1. The second-order valence-corrected chi connectivity index (χ2v) is 5.02. The first-order valence-electron chi connectivity index (χ1n) is 4.41. The van der Waals surface area contributed by atoms with Crippen LogP contribution < -0.4 is 5.32 Å². The lowest BCUT2D eigenvalue weighted by Gasteiger charge is -2.14. The number of carbonyl (C=O) groups excluding carboxylic acids is 1. The van der Waals surface area contributed by atoms with E-state index in [1.165, 1.54) is 6.92 Å². The summed E-state index contributed by atoms with van der Waals surface area (Å²) in [5, 5.41) is 11.0. The topological polar surface area (TPSA) is 86.6 Å². The van der Waals surface area contributed by atoms with Gasteiger partial charge in [0.2, 0.25) is 5.91 Å². The highest BCUT2D eigenvalue weighted by Gasteiger charge is 2.18. The average molecular weight is 221 g/mol. The fraction of sp³-hybridized carbons (Fsp3) is 0.750. The van der Waals surface area contributed by atoms with Crippen LogP contribution in [-0.2, 0) is 9.59 Å². The lowest BCUT2D eigenvalue weighted by atomic mass is 10.2. The van der Waals surface area contributed by atoms with Gasteiger partial charge in [-0.2, -0.15) is 0 Å². The van der Waals surface area contributed by atoms with Gasteiger partial charge in [-0.15, -0.1) is 0 Å². The van der Waals surface area contributed by atoms with E-state index < -0.39 is 20.2 Å². The van der Waals surface area contributed by atoms with Crippen molar-refractivity contribution in [3.05, 3.63) is 0 Å². The number of nitrogens with one attached hydrogen (secondary N) is 1. The standard InChI is InChI=1S/C8H16NO4P/c1-3-14(13)5-4-7(8(11)12)9-6(2)10/h7,13H,3-5H2,1-2H3,(H,9,10)(H,11,12). The van der Waals surface area contributed by atoms with Crippen molar-refractivity contribution in [3.8, 4) is 0 Å². The van der Waals surface area contributed by atoms with Crippen molar-refractivity contribution in [2.45, 2.75) is 26.3 Å². The van der Waals surface area contributed by atoms with Crippen molar-refractivity contribution in [2.75, 3.05) is 12.3 Å². The molecule has 0 heterocycles. The van der Waals surface area contributed by atoms with Crippen LogP contribution in [0.15, 0.2) is 0 Å². The van der Waals surface area contributed by atoms with Crippen molar-refractivity contribution in [1.82, 2.24) is 5.32 Å². The zero-order valence-corrected chi connectivity index (χ0v) is 9.25. The molecule has 0 aromatic carbocycles. The molecule has 0 aliphatic carbocycles. The maximum atomic E-state index is 10.6. The molecule has 0 bridgehead atoms. The highest BCUT2D eigenvalue weighted by Crippen LogP contribution is 2.29. The molecule has 5 nitrogen and oxygen atoms in total. The Morgan fingerprint density at radius 3 is 2.43 bits per heavy atom. The lowest BCUT2D eigenvalue weighted by Crippen LogP contribution is -2.40. The van der Waals surface area contributed by atoms with Gasteiger partial charge >= 0.3 is 5.97 Å². The van der Waals surface area contributed by atoms with E-state index in [0.29, 0.717) is 12.3 Å². The molecule has 0 spiro atoms. The zero-order chi connectivity index (χ0) is 11.1. The van der Waals surface area contributed by atoms with Gasteiger partial charge in [-0.05, 0) is 18.7 Å². The SMILES string of the molecule is CCP(O)CCC(NC(C)=O)C(=O)O. The first kappa shape index (κ1) is 13.3. The molecule has 0 radical (unpaired) electrons.